The Kier molecular flexibility index (Phi) is 4.79. The van der Waals surface area contributed by atoms with Gasteiger partial charge in [0.25, 0.3) is 17.3 Å². The Bertz CT molecular complexity index is 866. The first kappa shape index (κ1) is 17.4. The van der Waals surface area contributed by atoms with E-state index in [9.17, 15) is 25.0 Å². The highest BCUT2D eigenvalue weighted by atomic mass is 35.5. The summed E-state index contributed by atoms with van der Waals surface area (Å²) < 4.78 is 0. The molecular formula is C15H12ClN3O5. The lowest BCUT2D eigenvalue weighted by atomic mass is 10.1. The van der Waals surface area contributed by atoms with Crippen molar-refractivity contribution in [3.63, 3.8) is 0 Å². The highest BCUT2D eigenvalue weighted by molar-refractivity contribution is 6.34. The summed E-state index contributed by atoms with van der Waals surface area (Å²) in [5.41, 5.74) is 0.872. The number of hydrogen-bond donors (Lipinski definition) is 1. The topological polar surface area (TPSA) is 115 Å². The Labute approximate surface area is 141 Å². The van der Waals surface area contributed by atoms with Gasteiger partial charge in [-0.15, -0.1) is 0 Å². The molecule has 8 nitrogen and oxygen atoms in total. The lowest BCUT2D eigenvalue weighted by molar-refractivity contribution is -0.384. The summed E-state index contributed by atoms with van der Waals surface area (Å²) in [5.74, 6) is -0.688. The monoisotopic (exact) mass is 349 g/mol. The zero-order valence-corrected chi connectivity index (χ0v) is 13.5. The third-order valence-corrected chi connectivity index (χ3v) is 3.87. The maximum atomic E-state index is 12.4. The summed E-state index contributed by atoms with van der Waals surface area (Å²) in [4.78, 5) is 33.0. The molecule has 2 aromatic rings. The van der Waals surface area contributed by atoms with Crippen LogP contribution in [0.25, 0.3) is 0 Å². The van der Waals surface area contributed by atoms with Crippen molar-refractivity contribution in [3.8, 4) is 0 Å². The van der Waals surface area contributed by atoms with E-state index in [4.69, 9.17) is 11.6 Å². The molecule has 0 aromatic heterocycles. The summed E-state index contributed by atoms with van der Waals surface area (Å²) >= 11 is 5.91. The van der Waals surface area contributed by atoms with Crippen LogP contribution in [0.15, 0.2) is 30.3 Å². The van der Waals surface area contributed by atoms with Crippen LogP contribution in [0.3, 0.4) is 0 Å². The largest absolute Gasteiger partial charge is 0.316 e. The molecule has 0 heterocycles. The molecule has 0 bridgehead atoms. The zero-order chi connectivity index (χ0) is 18.0. The van der Waals surface area contributed by atoms with Crippen LogP contribution >= 0.6 is 11.6 Å². The second kappa shape index (κ2) is 6.63. The zero-order valence-electron chi connectivity index (χ0n) is 12.7. The molecule has 0 spiro atoms. The van der Waals surface area contributed by atoms with Gasteiger partial charge in [0.1, 0.15) is 5.69 Å². The summed E-state index contributed by atoms with van der Waals surface area (Å²) in [5, 5.41) is 24.2. The van der Waals surface area contributed by atoms with E-state index in [-0.39, 0.29) is 27.6 Å². The molecule has 0 unspecified atom stereocenters. The number of anilines is 1. The van der Waals surface area contributed by atoms with Gasteiger partial charge in [-0.3, -0.25) is 25.0 Å². The Morgan fingerprint density at radius 1 is 1.08 bits per heavy atom. The standard InChI is InChI=1S/C15H12ClN3O5/c1-8-3-6-13(19(23)24)14(9(8)2)17-15(20)11-5-4-10(18(21)22)7-12(11)16/h3-7H,1-2H3,(H,17,20). The molecule has 0 aliphatic carbocycles. The van der Waals surface area contributed by atoms with E-state index in [1.807, 2.05) is 0 Å². The predicted molar refractivity (Wildman–Crippen MR) is 88.6 cm³/mol. The van der Waals surface area contributed by atoms with Gasteiger partial charge >= 0.3 is 0 Å². The summed E-state index contributed by atoms with van der Waals surface area (Å²) in [6.07, 6.45) is 0. The predicted octanol–water partition coefficient (Wildman–Crippen LogP) is 4.03. The molecule has 0 aliphatic heterocycles. The first-order valence-corrected chi connectivity index (χ1v) is 7.10. The normalized spacial score (nSPS) is 10.3. The molecule has 0 fully saturated rings. The van der Waals surface area contributed by atoms with Gasteiger partial charge in [-0.25, -0.2) is 0 Å². The van der Waals surface area contributed by atoms with E-state index in [1.54, 1.807) is 19.9 Å². The van der Waals surface area contributed by atoms with Crippen LogP contribution in [0.5, 0.6) is 0 Å². The number of halogens is 1. The van der Waals surface area contributed by atoms with E-state index < -0.39 is 15.8 Å². The molecule has 0 aliphatic rings. The van der Waals surface area contributed by atoms with E-state index in [0.717, 1.165) is 17.7 Å². The highest BCUT2D eigenvalue weighted by Gasteiger charge is 2.22. The van der Waals surface area contributed by atoms with Gasteiger partial charge in [-0.2, -0.15) is 0 Å². The fourth-order valence-corrected chi connectivity index (χ4v) is 2.35. The van der Waals surface area contributed by atoms with Crippen molar-refractivity contribution in [2.24, 2.45) is 0 Å². The molecule has 24 heavy (non-hydrogen) atoms. The van der Waals surface area contributed by atoms with E-state index in [1.165, 1.54) is 12.1 Å². The molecule has 124 valence electrons. The lowest BCUT2D eigenvalue weighted by Gasteiger charge is -2.11. The fourth-order valence-electron chi connectivity index (χ4n) is 2.09. The van der Waals surface area contributed by atoms with Crippen molar-refractivity contribution < 1.29 is 14.6 Å². The van der Waals surface area contributed by atoms with E-state index >= 15 is 0 Å². The number of rotatable bonds is 4. The lowest BCUT2D eigenvalue weighted by Crippen LogP contribution is -2.15. The second-order valence-electron chi connectivity index (χ2n) is 5.03. The van der Waals surface area contributed by atoms with Gasteiger partial charge in [-0.1, -0.05) is 17.7 Å². The molecule has 0 saturated heterocycles. The van der Waals surface area contributed by atoms with Gasteiger partial charge in [0, 0.05) is 18.2 Å². The average molecular weight is 350 g/mol. The van der Waals surface area contributed by atoms with Crippen LogP contribution in [0, 0.1) is 34.1 Å². The Hall–Kier alpha value is -3.00. The molecule has 0 radical (unpaired) electrons. The van der Waals surface area contributed by atoms with E-state index in [2.05, 4.69) is 5.32 Å². The second-order valence-corrected chi connectivity index (χ2v) is 5.44. The van der Waals surface area contributed by atoms with Crippen molar-refractivity contribution in [1.29, 1.82) is 0 Å². The van der Waals surface area contributed by atoms with Gasteiger partial charge in [0.2, 0.25) is 0 Å². The molecule has 1 N–H and O–H groups in total. The number of nitrogens with one attached hydrogen (secondary N) is 1. The smallest absolute Gasteiger partial charge is 0.293 e. The van der Waals surface area contributed by atoms with Crippen LogP contribution in [0.4, 0.5) is 17.1 Å². The number of carbonyl (C=O) groups excluding carboxylic acids is 1. The number of nitrogens with zero attached hydrogens (tertiary/aromatic N) is 2. The number of hydrogen-bond acceptors (Lipinski definition) is 5. The highest BCUT2D eigenvalue weighted by Crippen LogP contribution is 2.31. The first-order valence-electron chi connectivity index (χ1n) is 6.72. The van der Waals surface area contributed by atoms with Crippen molar-refractivity contribution in [2.75, 3.05) is 5.32 Å². The molecular weight excluding hydrogens is 338 g/mol. The van der Waals surface area contributed by atoms with Gasteiger partial charge in [0.05, 0.1) is 20.4 Å². The number of amides is 1. The third kappa shape index (κ3) is 3.33. The molecule has 2 rings (SSSR count). The van der Waals surface area contributed by atoms with Crippen LogP contribution in [0.1, 0.15) is 21.5 Å². The van der Waals surface area contributed by atoms with Gasteiger partial charge in [0.15, 0.2) is 0 Å². The molecule has 0 atom stereocenters. The quantitative estimate of drug-likeness (QED) is 0.660. The molecule has 2 aromatic carbocycles. The van der Waals surface area contributed by atoms with Crippen LogP contribution < -0.4 is 5.32 Å². The Balaban J connectivity index is 2.42. The Morgan fingerprint density at radius 2 is 1.75 bits per heavy atom. The minimum atomic E-state index is -0.688. The van der Waals surface area contributed by atoms with Crippen LogP contribution in [-0.2, 0) is 0 Å². The van der Waals surface area contributed by atoms with Crippen LogP contribution in [0.2, 0.25) is 5.02 Å². The van der Waals surface area contributed by atoms with Crippen molar-refractivity contribution in [2.45, 2.75) is 13.8 Å². The summed E-state index contributed by atoms with van der Waals surface area (Å²) in [6, 6.07) is 6.27. The van der Waals surface area contributed by atoms with Crippen molar-refractivity contribution in [1.82, 2.24) is 0 Å². The van der Waals surface area contributed by atoms with Gasteiger partial charge < -0.3 is 5.32 Å². The summed E-state index contributed by atoms with van der Waals surface area (Å²) in [6.45, 7) is 3.41. The van der Waals surface area contributed by atoms with Crippen molar-refractivity contribution in [3.05, 3.63) is 72.3 Å². The SMILES string of the molecule is Cc1ccc([N+](=O)[O-])c(NC(=O)c2ccc([N+](=O)[O-])cc2Cl)c1C. The number of nitro groups is 2. The van der Waals surface area contributed by atoms with E-state index in [0.29, 0.717) is 5.56 Å². The number of benzene rings is 2. The number of aryl methyl sites for hydroxylation is 1. The average Bonchev–Trinajstić information content (AvgIpc) is 2.51. The molecule has 9 heteroatoms. The maximum Gasteiger partial charge on any atom is 0.293 e. The number of nitro benzene ring substituents is 2. The maximum absolute atomic E-state index is 12.4. The summed E-state index contributed by atoms with van der Waals surface area (Å²) in [7, 11) is 0. The van der Waals surface area contributed by atoms with Crippen molar-refractivity contribution >= 4 is 34.6 Å². The van der Waals surface area contributed by atoms with Crippen LogP contribution in [-0.4, -0.2) is 15.8 Å². The Morgan fingerprint density at radius 3 is 2.29 bits per heavy atom. The van der Waals surface area contributed by atoms with Gasteiger partial charge in [-0.05, 0) is 31.0 Å². The third-order valence-electron chi connectivity index (χ3n) is 3.56. The number of carbonyl (C=O) groups is 1. The minimum Gasteiger partial charge on any atom is -0.316 e. The molecule has 0 saturated carbocycles. The fraction of sp³-hybridized carbons (Fsp3) is 0.133. The number of non-ortho nitro benzene ring substituents is 1. The minimum absolute atomic E-state index is 0.0162. The first-order chi connectivity index (χ1) is 11.2. The molecule has 1 amide bonds.